The second-order valence-electron chi connectivity index (χ2n) is 11.1. The molecule has 4 aliphatic rings. The van der Waals surface area contributed by atoms with E-state index in [1.165, 1.54) is 14.0 Å². The maximum Gasteiger partial charge on any atom is 0.446 e. The Hall–Kier alpha value is -4.18. The van der Waals surface area contributed by atoms with Gasteiger partial charge in [-0.3, -0.25) is 14.4 Å². The van der Waals surface area contributed by atoms with Crippen molar-refractivity contribution in [3.63, 3.8) is 0 Å². The molecule has 0 aromatic heterocycles. The van der Waals surface area contributed by atoms with Gasteiger partial charge >= 0.3 is 30.1 Å². The Morgan fingerprint density at radius 1 is 1.22 bits per heavy atom. The third-order valence-electron chi connectivity index (χ3n) is 8.49. The molecule has 2 aliphatic carbocycles. The molecule has 0 radical (unpaired) electrons. The fraction of sp³-hybridized carbons (Fsp3) is 0.552. The van der Waals surface area contributed by atoms with Gasteiger partial charge in [0.25, 0.3) is 0 Å². The summed E-state index contributed by atoms with van der Waals surface area (Å²) in [4.78, 5) is 58.5. The van der Waals surface area contributed by atoms with Crippen molar-refractivity contribution in [2.45, 2.75) is 81.1 Å². The van der Waals surface area contributed by atoms with E-state index in [2.05, 4.69) is 9.64 Å². The number of carbonyl (C=O) groups is 5. The van der Waals surface area contributed by atoms with E-state index in [4.69, 9.17) is 28.8 Å². The van der Waals surface area contributed by atoms with Crippen LogP contribution in [0.1, 0.15) is 44.2 Å². The smallest absolute Gasteiger partial charge is 0.446 e. The number of nitrogens with zero attached hydrogens (tertiary/aromatic N) is 1. The molecule has 13 nitrogen and oxygen atoms in total. The van der Waals surface area contributed by atoms with Crippen molar-refractivity contribution >= 4 is 30.2 Å². The van der Waals surface area contributed by atoms with Crippen molar-refractivity contribution in [1.29, 1.82) is 0 Å². The summed E-state index contributed by atoms with van der Waals surface area (Å²) in [7, 11) is 3.53. The Labute approximate surface area is 254 Å². The quantitative estimate of drug-likeness (QED) is 0.238. The maximum atomic E-state index is 13.0. The molecule has 1 spiro atoms. The summed E-state index contributed by atoms with van der Waals surface area (Å²) in [5, 5.41) is 21.4. The first-order chi connectivity index (χ1) is 21.0. The molecule has 2 aliphatic heterocycles. The summed E-state index contributed by atoms with van der Waals surface area (Å²) in [6.45, 7) is 3.00. The molecule has 2 N–H and O–H groups in total. The zero-order valence-corrected chi connectivity index (χ0v) is 24.7. The number of hydrogen-bond acceptors (Lipinski definition) is 12. The number of esters is 3. The molecule has 1 aromatic carbocycles. The molecule has 45 heavy (non-hydrogen) atoms. The fourth-order valence-electron chi connectivity index (χ4n) is 6.61. The van der Waals surface area contributed by atoms with Crippen LogP contribution in [0.25, 0.3) is 0 Å². The van der Waals surface area contributed by atoms with Crippen LogP contribution in [-0.4, -0.2) is 102 Å². The number of alkyl halides is 3. The number of carbonyl (C=O) groups excluding carboxylic acids is 4. The number of carboxylic acids is 1. The number of benzene rings is 1. The second kappa shape index (κ2) is 12.3. The van der Waals surface area contributed by atoms with Crippen molar-refractivity contribution < 1.29 is 71.0 Å². The molecule has 1 saturated heterocycles. The molecular weight excluding hydrogens is 611 g/mol. The summed E-state index contributed by atoms with van der Waals surface area (Å²) < 4.78 is 58.6. The van der Waals surface area contributed by atoms with Crippen LogP contribution in [0.5, 0.6) is 11.5 Å². The number of likely N-dealkylation sites (tertiary alicyclic amines) is 1. The van der Waals surface area contributed by atoms with Gasteiger partial charge < -0.3 is 38.8 Å². The molecule has 0 saturated carbocycles. The number of likely N-dealkylation sites (N-methyl/N-ethyl adjacent to an activating group) is 1. The highest BCUT2D eigenvalue weighted by Gasteiger charge is 2.72. The first-order valence-corrected chi connectivity index (χ1v) is 13.8. The van der Waals surface area contributed by atoms with E-state index >= 15 is 0 Å². The first-order valence-electron chi connectivity index (χ1n) is 13.8. The number of hydrogen-bond donors (Lipinski definition) is 2. The van der Waals surface area contributed by atoms with Gasteiger partial charge in [0.05, 0.1) is 24.5 Å². The average molecular weight is 644 g/mol. The highest BCUT2D eigenvalue weighted by Crippen LogP contribution is 2.65. The number of aldehydes is 1. The molecule has 6 atom stereocenters. The SMILES string of the molecule is COc1ccc2c3c1O[C@H]1C(OC(=O)[C@H](C)OC(=O)C[C@H](OC(C)=O)C(=O)O)=CC[C@@]4(O)[C@@H](C2)N(C)CC[C@]314.O=CC(F)(F)F. The topological polar surface area (TPSA) is 175 Å². The Morgan fingerprint density at radius 2 is 1.89 bits per heavy atom. The number of piperidine rings is 1. The van der Waals surface area contributed by atoms with Crippen LogP contribution >= 0.6 is 0 Å². The number of ether oxygens (including phenoxy) is 5. The Balaban J connectivity index is 0.000000700. The first kappa shape index (κ1) is 33.7. The van der Waals surface area contributed by atoms with Crippen LogP contribution in [0.15, 0.2) is 24.0 Å². The molecule has 2 bridgehead atoms. The number of aliphatic carboxylic acids is 1. The number of halogens is 3. The average Bonchev–Trinajstić information content (AvgIpc) is 3.31. The molecule has 0 amide bonds. The lowest BCUT2D eigenvalue weighted by Crippen LogP contribution is -2.74. The van der Waals surface area contributed by atoms with Crippen LogP contribution in [0.3, 0.4) is 0 Å². The lowest BCUT2D eigenvalue weighted by Gasteiger charge is -2.61. The predicted molar refractivity (Wildman–Crippen MR) is 143 cm³/mol. The lowest BCUT2D eigenvalue weighted by atomic mass is 9.50. The minimum atomic E-state index is -4.64. The molecule has 5 rings (SSSR count). The summed E-state index contributed by atoms with van der Waals surface area (Å²) >= 11 is 0. The summed E-state index contributed by atoms with van der Waals surface area (Å²) in [5.41, 5.74) is -0.119. The van der Waals surface area contributed by atoms with Gasteiger partial charge in [0.2, 0.25) is 12.4 Å². The minimum absolute atomic E-state index is 0.169. The van der Waals surface area contributed by atoms with Gasteiger partial charge in [0.15, 0.2) is 23.7 Å². The van der Waals surface area contributed by atoms with E-state index in [0.29, 0.717) is 30.9 Å². The highest BCUT2D eigenvalue weighted by molar-refractivity contribution is 5.85. The van der Waals surface area contributed by atoms with Gasteiger partial charge in [-0.25, -0.2) is 9.59 Å². The summed E-state index contributed by atoms with van der Waals surface area (Å²) in [5.74, 6) is -3.10. The molecule has 2 heterocycles. The molecular formula is C29H32F3NO12. The minimum Gasteiger partial charge on any atom is -0.493 e. The molecule has 1 fully saturated rings. The van der Waals surface area contributed by atoms with E-state index in [9.17, 15) is 37.5 Å². The van der Waals surface area contributed by atoms with Crippen LogP contribution in [0, 0.1) is 0 Å². The van der Waals surface area contributed by atoms with Crippen molar-refractivity contribution in [3.05, 3.63) is 35.1 Å². The van der Waals surface area contributed by atoms with Gasteiger partial charge in [-0.1, -0.05) is 6.07 Å². The van der Waals surface area contributed by atoms with E-state index in [0.717, 1.165) is 18.1 Å². The standard InChI is InChI=1S/C27H31NO11.C2HF3O/c1-13(36-20(30)12-18(24(31)32)37-14(2)29)25(33)38-17-7-8-27(34)19-11-15-5-6-16(35-4)22-21(15)26(27,23(17)39-22)9-10-28(19)3;3-2(4,5)1-6/h5-7,13,18-19,23,34H,8-12H2,1-4H3,(H,31,32);1H/t13-,18-,19+,23-,26-,27+;/m0./s1. The van der Waals surface area contributed by atoms with Crippen LogP contribution in [-0.2, 0) is 50.0 Å². The second-order valence-corrected chi connectivity index (χ2v) is 11.1. The Morgan fingerprint density at radius 3 is 2.47 bits per heavy atom. The van der Waals surface area contributed by atoms with Crippen LogP contribution in [0.2, 0.25) is 0 Å². The fourth-order valence-corrected chi connectivity index (χ4v) is 6.61. The summed E-state index contributed by atoms with van der Waals surface area (Å²) in [6, 6.07) is 3.65. The number of aliphatic hydroxyl groups is 1. The van der Waals surface area contributed by atoms with E-state index in [1.54, 1.807) is 6.08 Å². The Bertz CT molecular complexity index is 1430. The normalized spacial score (nSPS) is 27.2. The Kier molecular flexibility index (Phi) is 9.22. The van der Waals surface area contributed by atoms with Crippen molar-refractivity contribution in [3.8, 4) is 11.5 Å². The van der Waals surface area contributed by atoms with E-state index in [-0.39, 0.29) is 18.2 Å². The predicted octanol–water partition coefficient (Wildman–Crippen LogP) is 1.60. The van der Waals surface area contributed by atoms with Crippen molar-refractivity contribution in [2.24, 2.45) is 0 Å². The van der Waals surface area contributed by atoms with Gasteiger partial charge in [-0.2, -0.15) is 13.2 Å². The van der Waals surface area contributed by atoms with Crippen LogP contribution in [0.4, 0.5) is 13.2 Å². The monoisotopic (exact) mass is 643 g/mol. The number of carboxylic acid groups (broad SMARTS) is 1. The van der Waals surface area contributed by atoms with Crippen molar-refractivity contribution in [1.82, 2.24) is 4.90 Å². The molecule has 0 unspecified atom stereocenters. The van der Waals surface area contributed by atoms with Gasteiger partial charge in [0, 0.05) is 24.9 Å². The van der Waals surface area contributed by atoms with Gasteiger partial charge in [-0.15, -0.1) is 0 Å². The van der Waals surface area contributed by atoms with E-state index < -0.39 is 72.1 Å². The summed E-state index contributed by atoms with van der Waals surface area (Å²) in [6.07, 6.45) is -7.37. The number of methoxy groups -OCH3 is 1. The highest BCUT2D eigenvalue weighted by atomic mass is 19.4. The van der Waals surface area contributed by atoms with Gasteiger partial charge in [-0.05, 0) is 51.1 Å². The zero-order valence-electron chi connectivity index (χ0n) is 24.7. The molecule has 1 aromatic rings. The largest absolute Gasteiger partial charge is 0.493 e. The third kappa shape index (κ3) is 6.08. The molecule has 16 heteroatoms. The zero-order chi connectivity index (χ0) is 33.5. The number of rotatable bonds is 8. The van der Waals surface area contributed by atoms with Crippen LogP contribution < -0.4 is 9.47 Å². The third-order valence-corrected chi connectivity index (χ3v) is 8.49. The molecule has 246 valence electrons. The van der Waals surface area contributed by atoms with E-state index in [1.807, 2.05) is 19.2 Å². The van der Waals surface area contributed by atoms with Crippen molar-refractivity contribution in [2.75, 3.05) is 20.7 Å². The lowest BCUT2D eigenvalue weighted by molar-refractivity contribution is -0.177. The maximum absolute atomic E-state index is 13.0. The van der Waals surface area contributed by atoms with Gasteiger partial charge in [0.1, 0.15) is 5.76 Å².